The van der Waals surface area contributed by atoms with Crippen molar-refractivity contribution in [2.45, 2.75) is 18.7 Å². The number of nitrogens with zero attached hydrogens (tertiary/aromatic N) is 3. The molecular weight excluding hydrogens is 372 g/mol. The SMILES string of the molecule is CCOC(=O)NC(=O)CSc1nnc(-c2ccc(OC(F)F)cc2)n1N. The topological polar surface area (TPSA) is 121 Å². The highest BCUT2D eigenvalue weighted by Gasteiger charge is 2.15. The van der Waals surface area contributed by atoms with E-state index in [1.807, 2.05) is 5.32 Å². The van der Waals surface area contributed by atoms with Crippen LogP contribution >= 0.6 is 11.8 Å². The van der Waals surface area contributed by atoms with E-state index >= 15 is 0 Å². The van der Waals surface area contributed by atoms with Gasteiger partial charge in [-0.2, -0.15) is 8.78 Å². The van der Waals surface area contributed by atoms with Crippen LogP contribution in [0.15, 0.2) is 29.4 Å². The molecule has 1 heterocycles. The minimum Gasteiger partial charge on any atom is -0.450 e. The molecule has 0 atom stereocenters. The maximum atomic E-state index is 12.2. The molecule has 12 heteroatoms. The van der Waals surface area contributed by atoms with E-state index < -0.39 is 18.6 Å². The summed E-state index contributed by atoms with van der Waals surface area (Å²) >= 11 is 0.963. The number of carbonyl (C=O) groups excluding carboxylic acids is 2. The van der Waals surface area contributed by atoms with Gasteiger partial charge in [0.25, 0.3) is 0 Å². The summed E-state index contributed by atoms with van der Waals surface area (Å²) in [4.78, 5) is 22.7. The molecule has 0 radical (unpaired) electrons. The molecular formula is C14H15F2N5O4S. The molecule has 0 unspecified atom stereocenters. The molecule has 0 aliphatic rings. The molecule has 0 fully saturated rings. The molecule has 2 amide bonds. The minimum atomic E-state index is -2.91. The largest absolute Gasteiger partial charge is 0.450 e. The number of nitrogens with two attached hydrogens (primary N) is 1. The molecule has 3 N–H and O–H groups in total. The van der Waals surface area contributed by atoms with Gasteiger partial charge in [0.1, 0.15) is 5.75 Å². The number of alkyl halides is 2. The molecule has 0 aliphatic heterocycles. The van der Waals surface area contributed by atoms with Gasteiger partial charge in [-0.15, -0.1) is 10.2 Å². The standard InChI is InChI=1S/C14H15F2N5O4S/c1-2-24-14(23)18-10(22)7-26-13-20-19-11(21(13)17)8-3-5-9(6-4-8)25-12(15)16/h3-6,12H,2,7,17H2,1H3,(H,18,22,23). The minimum absolute atomic E-state index is 0.00271. The fourth-order valence-electron chi connectivity index (χ4n) is 1.80. The maximum Gasteiger partial charge on any atom is 0.413 e. The molecule has 2 rings (SSSR count). The Hall–Kier alpha value is -2.89. The van der Waals surface area contributed by atoms with Crippen LogP contribution in [-0.4, -0.2) is 45.8 Å². The monoisotopic (exact) mass is 387 g/mol. The Morgan fingerprint density at radius 3 is 2.62 bits per heavy atom. The van der Waals surface area contributed by atoms with Crippen LogP contribution in [0.4, 0.5) is 13.6 Å². The first-order valence-electron chi connectivity index (χ1n) is 7.25. The highest BCUT2D eigenvalue weighted by atomic mass is 32.2. The van der Waals surface area contributed by atoms with Crippen LogP contribution in [0, 0.1) is 0 Å². The van der Waals surface area contributed by atoms with E-state index in [1.165, 1.54) is 24.3 Å². The van der Waals surface area contributed by atoms with E-state index in [2.05, 4.69) is 19.7 Å². The summed E-state index contributed by atoms with van der Waals surface area (Å²) in [5.41, 5.74) is 0.518. The molecule has 2 aromatic rings. The number of halogens is 2. The number of aromatic nitrogens is 3. The fraction of sp³-hybridized carbons (Fsp3) is 0.286. The number of alkyl carbamates (subject to hydrolysis) is 1. The predicted octanol–water partition coefficient (Wildman–Crippen LogP) is 1.63. The third-order valence-electron chi connectivity index (χ3n) is 2.85. The highest BCUT2D eigenvalue weighted by molar-refractivity contribution is 7.99. The van der Waals surface area contributed by atoms with Gasteiger partial charge >= 0.3 is 12.7 Å². The number of benzene rings is 1. The number of nitrogen functional groups attached to an aromatic ring is 1. The Kier molecular flexibility index (Phi) is 6.72. The molecule has 1 aromatic carbocycles. The second-order valence-electron chi connectivity index (χ2n) is 4.64. The molecule has 0 spiro atoms. The molecule has 9 nitrogen and oxygen atoms in total. The van der Waals surface area contributed by atoms with Crippen LogP contribution < -0.4 is 15.9 Å². The third kappa shape index (κ3) is 5.31. The van der Waals surface area contributed by atoms with Gasteiger partial charge in [-0.05, 0) is 31.2 Å². The molecule has 140 valence electrons. The van der Waals surface area contributed by atoms with Crippen LogP contribution in [0.3, 0.4) is 0 Å². The number of amides is 2. The lowest BCUT2D eigenvalue weighted by Crippen LogP contribution is -2.32. The second-order valence-corrected chi connectivity index (χ2v) is 5.58. The Labute approximate surface area is 150 Å². The van der Waals surface area contributed by atoms with Gasteiger partial charge < -0.3 is 15.3 Å². The van der Waals surface area contributed by atoms with Gasteiger partial charge in [0.15, 0.2) is 5.82 Å². The number of thioether (sulfide) groups is 1. The van der Waals surface area contributed by atoms with Crippen LogP contribution in [0.5, 0.6) is 5.75 Å². The first-order chi connectivity index (χ1) is 12.4. The summed E-state index contributed by atoms with van der Waals surface area (Å²) in [7, 11) is 0. The van der Waals surface area contributed by atoms with Crippen LogP contribution in [0.25, 0.3) is 11.4 Å². The second kappa shape index (κ2) is 8.99. The van der Waals surface area contributed by atoms with Crippen molar-refractivity contribution in [2.75, 3.05) is 18.2 Å². The van der Waals surface area contributed by atoms with Crippen LogP contribution in [0.2, 0.25) is 0 Å². The maximum absolute atomic E-state index is 12.2. The normalized spacial score (nSPS) is 10.6. The zero-order chi connectivity index (χ0) is 19.1. The van der Waals surface area contributed by atoms with Gasteiger partial charge in [-0.25, -0.2) is 9.47 Å². The highest BCUT2D eigenvalue weighted by Crippen LogP contribution is 2.24. The van der Waals surface area contributed by atoms with Crippen LogP contribution in [0.1, 0.15) is 6.92 Å². The zero-order valence-electron chi connectivity index (χ0n) is 13.5. The lowest BCUT2D eigenvalue weighted by Gasteiger charge is -2.06. The van der Waals surface area contributed by atoms with E-state index in [9.17, 15) is 18.4 Å². The van der Waals surface area contributed by atoms with E-state index in [0.717, 1.165) is 16.4 Å². The van der Waals surface area contributed by atoms with Crippen molar-refractivity contribution < 1.29 is 27.8 Å². The van der Waals surface area contributed by atoms with Crippen molar-refractivity contribution in [1.82, 2.24) is 20.2 Å². The van der Waals surface area contributed by atoms with Gasteiger partial charge in [0, 0.05) is 5.56 Å². The molecule has 0 aliphatic carbocycles. The van der Waals surface area contributed by atoms with E-state index in [-0.39, 0.29) is 29.1 Å². The molecule has 26 heavy (non-hydrogen) atoms. The van der Waals surface area contributed by atoms with Crippen LogP contribution in [-0.2, 0) is 9.53 Å². The number of imide groups is 1. The average Bonchev–Trinajstić information content (AvgIpc) is 2.94. The number of nitrogens with one attached hydrogen (secondary N) is 1. The Morgan fingerprint density at radius 1 is 1.31 bits per heavy atom. The first kappa shape index (κ1) is 19.4. The molecule has 0 bridgehead atoms. The van der Waals surface area contributed by atoms with E-state index in [0.29, 0.717) is 5.56 Å². The lowest BCUT2D eigenvalue weighted by molar-refractivity contribution is -0.117. The van der Waals surface area contributed by atoms with E-state index in [4.69, 9.17) is 5.84 Å². The van der Waals surface area contributed by atoms with Gasteiger partial charge in [-0.3, -0.25) is 10.1 Å². The third-order valence-corrected chi connectivity index (χ3v) is 3.79. The zero-order valence-corrected chi connectivity index (χ0v) is 14.3. The van der Waals surface area contributed by atoms with Crippen molar-refractivity contribution in [3.05, 3.63) is 24.3 Å². The summed E-state index contributed by atoms with van der Waals surface area (Å²) in [5, 5.41) is 10.0. The lowest BCUT2D eigenvalue weighted by atomic mass is 10.2. The number of hydrogen-bond donors (Lipinski definition) is 2. The smallest absolute Gasteiger partial charge is 0.413 e. The number of hydrogen-bond acceptors (Lipinski definition) is 8. The number of rotatable bonds is 7. The quantitative estimate of drug-likeness (QED) is 0.543. The summed E-state index contributed by atoms with van der Waals surface area (Å²) in [6.45, 7) is -1.15. The Bertz CT molecular complexity index is 769. The predicted molar refractivity (Wildman–Crippen MR) is 88.1 cm³/mol. The summed E-state index contributed by atoms with van der Waals surface area (Å²) < 4.78 is 34.3. The van der Waals surface area contributed by atoms with Gasteiger partial charge in [0.2, 0.25) is 11.1 Å². The molecule has 0 saturated carbocycles. The molecule has 1 aromatic heterocycles. The van der Waals surface area contributed by atoms with Gasteiger partial charge in [0.05, 0.1) is 12.4 Å². The Morgan fingerprint density at radius 2 is 2.00 bits per heavy atom. The fourth-order valence-corrected chi connectivity index (χ4v) is 2.46. The van der Waals surface area contributed by atoms with Gasteiger partial charge in [-0.1, -0.05) is 11.8 Å². The van der Waals surface area contributed by atoms with Crippen molar-refractivity contribution >= 4 is 23.8 Å². The van der Waals surface area contributed by atoms with Crippen molar-refractivity contribution in [3.63, 3.8) is 0 Å². The number of ether oxygens (including phenoxy) is 2. The summed E-state index contributed by atoms with van der Waals surface area (Å²) in [6.07, 6.45) is -0.834. The Balaban J connectivity index is 1.99. The first-order valence-corrected chi connectivity index (χ1v) is 8.24. The average molecular weight is 387 g/mol. The summed E-state index contributed by atoms with van der Waals surface area (Å²) in [5.74, 6) is 5.44. The molecule has 0 saturated heterocycles. The van der Waals surface area contributed by atoms with Crippen molar-refractivity contribution in [1.29, 1.82) is 0 Å². The van der Waals surface area contributed by atoms with Crippen molar-refractivity contribution in [2.24, 2.45) is 0 Å². The van der Waals surface area contributed by atoms with Crippen molar-refractivity contribution in [3.8, 4) is 17.1 Å². The van der Waals surface area contributed by atoms with E-state index in [1.54, 1.807) is 6.92 Å². The summed E-state index contributed by atoms with van der Waals surface area (Å²) in [6, 6.07) is 5.67. The number of carbonyl (C=O) groups is 2.